The van der Waals surface area contributed by atoms with Gasteiger partial charge in [0.15, 0.2) is 0 Å². The molecule has 1 atom stereocenters. The van der Waals surface area contributed by atoms with Crippen molar-refractivity contribution < 1.29 is 4.39 Å². The second-order valence-corrected chi connectivity index (χ2v) is 3.70. The molecule has 1 unspecified atom stereocenters. The van der Waals surface area contributed by atoms with Crippen LogP contribution in [0.15, 0.2) is 24.3 Å². The smallest absolute Gasteiger partial charge is 0.101 e. The zero-order chi connectivity index (χ0) is 10.4. The van der Waals surface area contributed by atoms with Crippen LogP contribution >= 0.6 is 0 Å². The van der Waals surface area contributed by atoms with Crippen molar-refractivity contribution in [3.05, 3.63) is 35.4 Å². The van der Waals surface area contributed by atoms with E-state index < -0.39 is 6.17 Å². The summed E-state index contributed by atoms with van der Waals surface area (Å²) in [6.07, 6.45) is 1.73. The Morgan fingerprint density at radius 1 is 1.36 bits per heavy atom. The summed E-state index contributed by atoms with van der Waals surface area (Å²) in [6, 6.07) is 8.11. The third kappa shape index (κ3) is 3.88. The average molecular weight is 195 g/mol. The van der Waals surface area contributed by atoms with Gasteiger partial charge in [-0.25, -0.2) is 4.39 Å². The first-order valence-electron chi connectivity index (χ1n) is 5.14. The highest BCUT2D eigenvalue weighted by Crippen LogP contribution is 2.10. The number of benzene rings is 1. The molecule has 0 saturated carbocycles. The summed E-state index contributed by atoms with van der Waals surface area (Å²) >= 11 is 0. The highest BCUT2D eigenvalue weighted by atomic mass is 19.1. The maximum Gasteiger partial charge on any atom is 0.101 e. The van der Waals surface area contributed by atoms with Gasteiger partial charge in [0.2, 0.25) is 0 Å². The monoisotopic (exact) mass is 195 g/mol. The van der Waals surface area contributed by atoms with Gasteiger partial charge >= 0.3 is 0 Å². The lowest BCUT2D eigenvalue weighted by atomic mass is 10.0. The molecule has 0 aliphatic heterocycles. The van der Waals surface area contributed by atoms with Crippen molar-refractivity contribution >= 4 is 0 Å². The number of alkyl halides is 1. The van der Waals surface area contributed by atoms with Crippen LogP contribution in [0.3, 0.4) is 0 Å². The maximum absolute atomic E-state index is 12.8. The number of aryl methyl sites for hydroxylation is 1. The van der Waals surface area contributed by atoms with Gasteiger partial charge in [0.25, 0.3) is 0 Å². The van der Waals surface area contributed by atoms with Crippen molar-refractivity contribution in [3.8, 4) is 0 Å². The zero-order valence-corrected chi connectivity index (χ0v) is 8.67. The van der Waals surface area contributed by atoms with Crippen molar-refractivity contribution in [3.63, 3.8) is 0 Å². The number of rotatable bonds is 5. The largest absolute Gasteiger partial charge is 0.330 e. The summed E-state index contributed by atoms with van der Waals surface area (Å²) in [6.45, 7) is 2.30. The van der Waals surface area contributed by atoms with Crippen LogP contribution in [0.4, 0.5) is 4.39 Å². The van der Waals surface area contributed by atoms with E-state index in [-0.39, 0.29) is 0 Å². The van der Waals surface area contributed by atoms with E-state index in [0.717, 1.165) is 18.4 Å². The van der Waals surface area contributed by atoms with E-state index in [1.54, 1.807) is 6.92 Å². The quantitative estimate of drug-likeness (QED) is 0.767. The Bertz CT molecular complexity index is 271. The normalized spacial score (nSPS) is 12.8. The standard InChI is InChI=1S/C12H18FN/c1-10(13)8-12-5-2-4-11(9-12)6-3-7-14/h2,4-5,9-10H,3,6-8,14H2,1H3. The SMILES string of the molecule is CC(F)Cc1cccc(CCCN)c1. The Balaban J connectivity index is 2.59. The molecule has 0 aliphatic rings. The molecule has 1 nitrogen and oxygen atoms in total. The molecule has 0 spiro atoms. The second-order valence-electron chi connectivity index (χ2n) is 3.70. The van der Waals surface area contributed by atoms with E-state index >= 15 is 0 Å². The molecule has 0 radical (unpaired) electrons. The van der Waals surface area contributed by atoms with Gasteiger partial charge in [-0.2, -0.15) is 0 Å². The third-order valence-corrected chi connectivity index (χ3v) is 2.18. The Morgan fingerprint density at radius 2 is 2.07 bits per heavy atom. The molecule has 0 aromatic heterocycles. The molecule has 0 saturated heterocycles. The molecule has 0 heterocycles. The minimum atomic E-state index is -0.764. The number of nitrogens with two attached hydrogens (primary N) is 1. The van der Waals surface area contributed by atoms with E-state index in [9.17, 15) is 4.39 Å². The number of halogens is 1. The fourth-order valence-corrected chi connectivity index (χ4v) is 1.54. The summed E-state index contributed by atoms with van der Waals surface area (Å²) in [5.41, 5.74) is 7.77. The fourth-order valence-electron chi connectivity index (χ4n) is 1.54. The summed E-state index contributed by atoms with van der Waals surface area (Å²) in [7, 11) is 0. The topological polar surface area (TPSA) is 26.0 Å². The van der Waals surface area contributed by atoms with E-state index in [2.05, 4.69) is 12.1 Å². The predicted molar refractivity (Wildman–Crippen MR) is 58.1 cm³/mol. The first-order chi connectivity index (χ1) is 6.72. The van der Waals surface area contributed by atoms with Gasteiger partial charge in [-0.15, -0.1) is 0 Å². The molecule has 0 aliphatic carbocycles. The predicted octanol–water partition coefficient (Wildman–Crippen LogP) is 2.48. The molecule has 2 heteroatoms. The van der Waals surface area contributed by atoms with Gasteiger partial charge in [0.05, 0.1) is 0 Å². The van der Waals surface area contributed by atoms with Crippen molar-refractivity contribution in [2.45, 2.75) is 32.4 Å². The van der Waals surface area contributed by atoms with Crippen molar-refractivity contribution in [2.75, 3.05) is 6.54 Å². The average Bonchev–Trinajstić information content (AvgIpc) is 2.14. The molecular weight excluding hydrogens is 177 g/mol. The lowest BCUT2D eigenvalue weighted by Crippen LogP contribution is -2.02. The fraction of sp³-hybridized carbons (Fsp3) is 0.500. The van der Waals surface area contributed by atoms with Crippen LogP contribution in [0.25, 0.3) is 0 Å². The van der Waals surface area contributed by atoms with E-state index in [1.165, 1.54) is 5.56 Å². The van der Waals surface area contributed by atoms with Crippen molar-refractivity contribution in [2.24, 2.45) is 5.73 Å². The van der Waals surface area contributed by atoms with Crippen LogP contribution in [-0.2, 0) is 12.8 Å². The summed E-state index contributed by atoms with van der Waals surface area (Å²) in [4.78, 5) is 0. The summed E-state index contributed by atoms with van der Waals surface area (Å²) in [5.74, 6) is 0. The first kappa shape index (κ1) is 11.2. The van der Waals surface area contributed by atoms with Gasteiger partial charge in [-0.05, 0) is 37.4 Å². The zero-order valence-electron chi connectivity index (χ0n) is 8.67. The molecule has 0 bridgehead atoms. The van der Waals surface area contributed by atoms with E-state index in [4.69, 9.17) is 5.73 Å². The van der Waals surface area contributed by atoms with Crippen molar-refractivity contribution in [1.82, 2.24) is 0 Å². The highest BCUT2D eigenvalue weighted by molar-refractivity contribution is 5.24. The molecule has 78 valence electrons. The van der Waals surface area contributed by atoms with Crippen LogP contribution in [-0.4, -0.2) is 12.7 Å². The van der Waals surface area contributed by atoms with Gasteiger partial charge < -0.3 is 5.73 Å². The van der Waals surface area contributed by atoms with Gasteiger partial charge in [-0.1, -0.05) is 24.3 Å². The molecule has 1 aromatic rings. The third-order valence-electron chi connectivity index (χ3n) is 2.18. The first-order valence-corrected chi connectivity index (χ1v) is 5.14. The highest BCUT2D eigenvalue weighted by Gasteiger charge is 2.01. The summed E-state index contributed by atoms with van der Waals surface area (Å²) < 4.78 is 12.8. The minimum absolute atomic E-state index is 0.510. The molecule has 2 N–H and O–H groups in total. The Morgan fingerprint density at radius 3 is 2.71 bits per heavy atom. The molecular formula is C12H18FN. The lowest BCUT2D eigenvalue weighted by Gasteiger charge is -2.05. The van der Waals surface area contributed by atoms with Gasteiger partial charge in [0.1, 0.15) is 6.17 Å². The van der Waals surface area contributed by atoms with Crippen LogP contribution in [0.5, 0.6) is 0 Å². The van der Waals surface area contributed by atoms with Crippen LogP contribution < -0.4 is 5.73 Å². The Hall–Kier alpha value is -0.890. The van der Waals surface area contributed by atoms with Gasteiger partial charge in [0, 0.05) is 6.42 Å². The van der Waals surface area contributed by atoms with Gasteiger partial charge in [-0.3, -0.25) is 0 Å². The maximum atomic E-state index is 12.8. The molecule has 0 amide bonds. The molecule has 14 heavy (non-hydrogen) atoms. The van der Waals surface area contributed by atoms with Crippen LogP contribution in [0, 0.1) is 0 Å². The van der Waals surface area contributed by atoms with Crippen LogP contribution in [0.1, 0.15) is 24.5 Å². The number of hydrogen-bond donors (Lipinski definition) is 1. The number of hydrogen-bond acceptors (Lipinski definition) is 1. The Kier molecular flexibility index (Phi) is 4.60. The van der Waals surface area contributed by atoms with E-state index in [0.29, 0.717) is 13.0 Å². The molecule has 1 rings (SSSR count). The molecule has 0 fully saturated rings. The van der Waals surface area contributed by atoms with Crippen molar-refractivity contribution in [1.29, 1.82) is 0 Å². The summed E-state index contributed by atoms with van der Waals surface area (Å²) in [5, 5.41) is 0. The second kappa shape index (κ2) is 5.76. The van der Waals surface area contributed by atoms with Crippen LogP contribution in [0.2, 0.25) is 0 Å². The minimum Gasteiger partial charge on any atom is -0.330 e. The van der Waals surface area contributed by atoms with E-state index in [1.807, 2.05) is 12.1 Å². The lowest BCUT2D eigenvalue weighted by molar-refractivity contribution is 0.360. The molecule has 1 aromatic carbocycles. The Labute approximate surface area is 85.1 Å².